The normalized spacial score (nSPS) is 13.3. The van der Waals surface area contributed by atoms with Crippen LogP contribution in [-0.4, -0.2) is 28.2 Å². The first-order valence-electron chi connectivity index (χ1n) is 5.51. The average Bonchev–Trinajstić information content (AvgIpc) is 2.60. The Hall–Kier alpha value is 0.634. The molecule has 0 aromatic heterocycles. The minimum Gasteiger partial charge on any atom is -0.668 e. The van der Waals surface area contributed by atoms with Gasteiger partial charge in [0.15, 0.2) is 0 Å². The summed E-state index contributed by atoms with van der Waals surface area (Å²) in [6, 6.07) is 0. The van der Waals surface area contributed by atoms with E-state index in [-0.39, 0.29) is 29.1 Å². The molecule has 0 amide bonds. The Balaban J connectivity index is -0.0000000785. The van der Waals surface area contributed by atoms with Gasteiger partial charge in [0.2, 0.25) is 0 Å². The molecule has 0 unspecified atom stereocenters. The van der Waals surface area contributed by atoms with Crippen molar-refractivity contribution in [3.63, 3.8) is 0 Å². The van der Waals surface area contributed by atoms with Crippen LogP contribution in [0.25, 0.3) is 10.6 Å². The van der Waals surface area contributed by atoms with E-state index in [4.69, 9.17) is 0 Å². The molecule has 0 aliphatic heterocycles. The largest absolute Gasteiger partial charge is 4.00 e. The SMILES string of the molecule is C[N-]C.C[N-]C.[CH2-]CCC1CCCC1.[CH3-].[Ti+4]. The third-order valence-corrected chi connectivity index (χ3v) is 2.09. The molecule has 1 rings (SSSR count). The van der Waals surface area contributed by atoms with Crippen LogP contribution in [0.15, 0.2) is 0 Å². The fraction of sp³-hybridized carbons (Fsp3) is 0.846. The summed E-state index contributed by atoms with van der Waals surface area (Å²) in [5.41, 5.74) is 0. The van der Waals surface area contributed by atoms with E-state index in [0.29, 0.717) is 0 Å². The Morgan fingerprint density at radius 1 is 1.00 bits per heavy atom. The summed E-state index contributed by atoms with van der Waals surface area (Å²) >= 11 is 0. The molecule has 0 saturated heterocycles. The molecule has 2 nitrogen and oxygen atoms in total. The molecule has 0 aromatic rings. The van der Waals surface area contributed by atoms with Gasteiger partial charge in [0.1, 0.15) is 0 Å². The predicted molar refractivity (Wildman–Crippen MR) is 73.4 cm³/mol. The molecule has 16 heavy (non-hydrogen) atoms. The first kappa shape index (κ1) is 25.5. The fourth-order valence-corrected chi connectivity index (χ4v) is 1.59. The van der Waals surface area contributed by atoms with E-state index in [1.807, 2.05) is 0 Å². The van der Waals surface area contributed by atoms with E-state index in [9.17, 15) is 0 Å². The van der Waals surface area contributed by atoms with E-state index in [1.54, 1.807) is 28.2 Å². The summed E-state index contributed by atoms with van der Waals surface area (Å²) in [7, 11) is 7.00. The van der Waals surface area contributed by atoms with Gasteiger partial charge in [-0.15, -0.1) is 0 Å². The van der Waals surface area contributed by atoms with Crippen LogP contribution in [0.1, 0.15) is 38.5 Å². The number of rotatable bonds is 2. The van der Waals surface area contributed by atoms with Crippen LogP contribution in [0.2, 0.25) is 0 Å². The summed E-state index contributed by atoms with van der Waals surface area (Å²) in [4.78, 5) is 0. The minimum atomic E-state index is 0. The molecule has 0 atom stereocenters. The average molecular weight is 262 g/mol. The molecule has 3 heteroatoms. The molecule has 0 bridgehead atoms. The van der Waals surface area contributed by atoms with Gasteiger partial charge in [-0.2, -0.15) is 34.6 Å². The Bertz CT molecular complexity index is 82.0. The van der Waals surface area contributed by atoms with Crippen LogP contribution in [0.5, 0.6) is 0 Å². The van der Waals surface area contributed by atoms with Gasteiger partial charge in [-0.05, 0) is 5.92 Å². The van der Waals surface area contributed by atoms with Crippen molar-refractivity contribution in [1.82, 2.24) is 0 Å². The zero-order valence-corrected chi connectivity index (χ0v) is 13.5. The molecule has 0 heterocycles. The Kier molecular flexibility index (Phi) is 39.4. The van der Waals surface area contributed by atoms with Crippen LogP contribution in [0.4, 0.5) is 0 Å². The van der Waals surface area contributed by atoms with Gasteiger partial charge >= 0.3 is 21.7 Å². The van der Waals surface area contributed by atoms with Crippen molar-refractivity contribution in [3.8, 4) is 0 Å². The molecule has 0 aromatic carbocycles. The van der Waals surface area contributed by atoms with E-state index in [1.165, 1.54) is 32.1 Å². The zero-order valence-electron chi connectivity index (χ0n) is 11.9. The molecular formula is C13H30N2Ti. The third kappa shape index (κ3) is 24.1. The molecule has 1 aliphatic carbocycles. The van der Waals surface area contributed by atoms with Crippen LogP contribution < -0.4 is 0 Å². The Morgan fingerprint density at radius 2 is 1.31 bits per heavy atom. The van der Waals surface area contributed by atoms with Gasteiger partial charge in [-0.1, -0.05) is 32.1 Å². The maximum atomic E-state index is 3.85. The van der Waals surface area contributed by atoms with Gasteiger partial charge < -0.3 is 25.0 Å². The van der Waals surface area contributed by atoms with Crippen molar-refractivity contribution in [1.29, 1.82) is 0 Å². The molecular weight excluding hydrogens is 232 g/mol. The molecule has 1 saturated carbocycles. The molecule has 0 spiro atoms. The Morgan fingerprint density at radius 3 is 1.56 bits per heavy atom. The van der Waals surface area contributed by atoms with Gasteiger partial charge in [0.05, 0.1) is 0 Å². The smallest absolute Gasteiger partial charge is 0.668 e. The van der Waals surface area contributed by atoms with Crippen LogP contribution in [0.3, 0.4) is 0 Å². The number of hydrogen-bond acceptors (Lipinski definition) is 0. The maximum absolute atomic E-state index is 3.85. The van der Waals surface area contributed by atoms with E-state index in [2.05, 4.69) is 17.6 Å². The van der Waals surface area contributed by atoms with E-state index in [0.717, 1.165) is 12.3 Å². The summed E-state index contributed by atoms with van der Waals surface area (Å²) in [6.45, 7) is 3.85. The third-order valence-electron chi connectivity index (χ3n) is 2.09. The van der Waals surface area contributed by atoms with Gasteiger partial charge in [0.25, 0.3) is 0 Å². The number of nitrogens with zero attached hydrogens (tertiary/aromatic N) is 2. The van der Waals surface area contributed by atoms with E-state index < -0.39 is 0 Å². The molecule has 1 aliphatic rings. The quantitative estimate of drug-likeness (QED) is 0.518. The number of hydrogen-bond donors (Lipinski definition) is 0. The molecule has 96 valence electrons. The molecule has 1 fully saturated rings. The second-order valence-corrected chi connectivity index (χ2v) is 3.69. The second-order valence-electron chi connectivity index (χ2n) is 3.69. The standard InChI is InChI=1S/C8H15.2C2H6N.CH3.Ti/c1-2-5-8-6-3-4-7-8;2*1-3-2;;/h8H,1-7H2;2*1-2H3;1H3;/q4*-1;+4. The predicted octanol–water partition coefficient (Wildman–Crippen LogP) is 4.48. The van der Waals surface area contributed by atoms with Crippen molar-refractivity contribution in [2.45, 2.75) is 38.5 Å². The van der Waals surface area contributed by atoms with Crippen molar-refractivity contribution in [2.75, 3.05) is 28.2 Å². The topological polar surface area (TPSA) is 28.2 Å². The summed E-state index contributed by atoms with van der Waals surface area (Å²) in [6.07, 6.45) is 8.44. The monoisotopic (exact) mass is 262 g/mol. The van der Waals surface area contributed by atoms with Crippen LogP contribution in [-0.2, 0) is 21.7 Å². The fourth-order valence-electron chi connectivity index (χ4n) is 1.59. The van der Waals surface area contributed by atoms with Crippen molar-refractivity contribution >= 4 is 0 Å². The van der Waals surface area contributed by atoms with E-state index >= 15 is 0 Å². The van der Waals surface area contributed by atoms with Crippen molar-refractivity contribution in [2.24, 2.45) is 5.92 Å². The summed E-state index contributed by atoms with van der Waals surface area (Å²) < 4.78 is 0. The van der Waals surface area contributed by atoms with Gasteiger partial charge in [0, 0.05) is 0 Å². The van der Waals surface area contributed by atoms with Gasteiger partial charge in [-0.3, -0.25) is 0 Å². The zero-order chi connectivity index (χ0) is 11.2. The molecule has 0 N–H and O–H groups in total. The summed E-state index contributed by atoms with van der Waals surface area (Å²) in [5, 5.41) is 7.00. The summed E-state index contributed by atoms with van der Waals surface area (Å²) in [5.74, 6) is 1.05. The first-order chi connectivity index (χ1) is 6.76. The van der Waals surface area contributed by atoms with Crippen LogP contribution >= 0.6 is 0 Å². The molecule has 0 radical (unpaired) electrons. The maximum Gasteiger partial charge on any atom is 4.00 e. The second kappa shape index (κ2) is 24.7. The first-order valence-corrected chi connectivity index (χ1v) is 5.51. The minimum absolute atomic E-state index is 0. The Labute approximate surface area is 119 Å². The van der Waals surface area contributed by atoms with Crippen molar-refractivity contribution in [3.05, 3.63) is 25.0 Å². The van der Waals surface area contributed by atoms with Gasteiger partial charge in [-0.25, -0.2) is 0 Å². The van der Waals surface area contributed by atoms with Crippen LogP contribution in [0, 0.1) is 20.3 Å². The van der Waals surface area contributed by atoms with Crippen molar-refractivity contribution < 1.29 is 21.7 Å².